The maximum absolute atomic E-state index is 6.62. The molecule has 6 rings (SSSR count). The molecule has 0 radical (unpaired) electrons. The molecule has 2 aliphatic heterocycles. The van der Waals surface area contributed by atoms with Crippen molar-refractivity contribution in [1.29, 1.82) is 0 Å². The molecule has 8 heteroatoms. The second kappa shape index (κ2) is 7.67. The smallest absolute Gasteiger partial charge is 0.248 e. The van der Waals surface area contributed by atoms with E-state index in [0.717, 1.165) is 45.2 Å². The molecule has 164 valence electrons. The number of nitrogens with one attached hydrogen (secondary N) is 1. The SMILES string of the molecule is COc1ccc([C@H]2Oc3ccccc3C3=C2[C@H](c2ccccc2OC)n2nnnc2N3)cc1. The van der Waals surface area contributed by atoms with E-state index in [1.165, 1.54) is 0 Å². The van der Waals surface area contributed by atoms with Gasteiger partial charge in [0, 0.05) is 16.7 Å². The minimum Gasteiger partial charge on any atom is -0.497 e. The molecule has 3 aromatic carbocycles. The molecule has 0 unspecified atom stereocenters. The fourth-order valence-corrected chi connectivity index (χ4v) is 4.58. The summed E-state index contributed by atoms with van der Waals surface area (Å²) in [6, 6.07) is 23.5. The zero-order chi connectivity index (χ0) is 22.4. The molecule has 33 heavy (non-hydrogen) atoms. The second-order valence-corrected chi connectivity index (χ2v) is 7.81. The van der Waals surface area contributed by atoms with Crippen LogP contribution in [0.25, 0.3) is 5.70 Å². The van der Waals surface area contributed by atoms with Crippen LogP contribution in [0.3, 0.4) is 0 Å². The molecule has 0 amide bonds. The number of aromatic nitrogens is 4. The number of tetrazole rings is 1. The predicted molar refractivity (Wildman–Crippen MR) is 122 cm³/mol. The lowest BCUT2D eigenvalue weighted by Gasteiger charge is -2.38. The molecule has 0 aliphatic carbocycles. The van der Waals surface area contributed by atoms with Gasteiger partial charge in [-0.3, -0.25) is 0 Å². The number of methoxy groups -OCH3 is 2. The standard InChI is InChI=1S/C25H21N5O3/c1-31-16-13-11-15(12-14-16)24-21-22(17-7-3-6-10-20(17)33-24)26-25-27-28-29-30(25)23(21)18-8-4-5-9-19(18)32-2/h3-14,23-24H,1-2H3,(H,26,27,29)/t23-,24+/m0/s1. The Bertz CT molecular complexity index is 1360. The van der Waals surface area contributed by atoms with Crippen LogP contribution in [0.2, 0.25) is 0 Å². The van der Waals surface area contributed by atoms with Crippen molar-refractivity contribution in [3.05, 3.63) is 95.1 Å². The van der Waals surface area contributed by atoms with E-state index in [0.29, 0.717) is 5.95 Å². The maximum Gasteiger partial charge on any atom is 0.248 e. The number of benzene rings is 3. The zero-order valence-corrected chi connectivity index (χ0v) is 18.1. The first-order chi connectivity index (χ1) is 16.3. The topological polar surface area (TPSA) is 83.3 Å². The molecule has 3 heterocycles. The van der Waals surface area contributed by atoms with E-state index in [4.69, 9.17) is 14.2 Å². The molecule has 0 bridgehead atoms. The molecule has 0 spiro atoms. The predicted octanol–water partition coefficient (Wildman–Crippen LogP) is 4.25. The molecule has 2 aliphatic rings. The Kier molecular flexibility index (Phi) is 4.50. The van der Waals surface area contributed by atoms with Gasteiger partial charge in [-0.05, 0) is 46.3 Å². The third kappa shape index (κ3) is 3.02. The van der Waals surface area contributed by atoms with Crippen molar-refractivity contribution in [3.8, 4) is 17.2 Å². The highest BCUT2D eigenvalue weighted by Gasteiger charge is 2.42. The quantitative estimate of drug-likeness (QED) is 0.509. The van der Waals surface area contributed by atoms with Crippen LogP contribution in [0.1, 0.15) is 28.8 Å². The van der Waals surface area contributed by atoms with E-state index in [9.17, 15) is 0 Å². The number of nitrogens with zero attached hydrogens (tertiary/aromatic N) is 4. The lowest BCUT2D eigenvalue weighted by atomic mass is 9.84. The van der Waals surface area contributed by atoms with Crippen molar-refractivity contribution in [2.24, 2.45) is 0 Å². The molecule has 8 nitrogen and oxygen atoms in total. The number of anilines is 1. The van der Waals surface area contributed by atoms with Crippen molar-refractivity contribution >= 4 is 11.6 Å². The summed E-state index contributed by atoms with van der Waals surface area (Å²) in [5, 5.41) is 16.0. The summed E-state index contributed by atoms with van der Waals surface area (Å²) in [5.74, 6) is 2.90. The van der Waals surface area contributed by atoms with Gasteiger partial charge < -0.3 is 19.5 Å². The summed E-state index contributed by atoms with van der Waals surface area (Å²) in [5.41, 5.74) is 4.85. The summed E-state index contributed by atoms with van der Waals surface area (Å²) in [6.07, 6.45) is -0.374. The van der Waals surface area contributed by atoms with Crippen molar-refractivity contribution in [1.82, 2.24) is 20.2 Å². The lowest BCUT2D eigenvalue weighted by Crippen LogP contribution is -2.32. The van der Waals surface area contributed by atoms with Gasteiger partial charge in [0.25, 0.3) is 0 Å². The fraction of sp³-hybridized carbons (Fsp3) is 0.160. The molecule has 1 N–H and O–H groups in total. The van der Waals surface area contributed by atoms with Crippen LogP contribution >= 0.6 is 0 Å². The van der Waals surface area contributed by atoms with E-state index in [1.54, 1.807) is 18.9 Å². The monoisotopic (exact) mass is 439 g/mol. The average Bonchev–Trinajstić information content (AvgIpc) is 3.35. The lowest BCUT2D eigenvalue weighted by molar-refractivity contribution is 0.222. The van der Waals surface area contributed by atoms with Gasteiger partial charge in [-0.1, -0.05) is 47.6 Å². The van der Waals surface area contributed by atoms with E-state index >= 15 is 0 Å². The Balaban J connectivity index is 1.62. The van der Waals surface area contributed by atoms with Gasteiger partial charge in [0.2, 0.25) is 5.95 Å². The van der Waals surface area contributed by atoms with Crippen molar-refractivity contribution in [2.75, 3.05) is 19.5 Å². The first-order valence-electron chi connectivity index (χ1n) is 10.6. The Morgan fingerprint density at radius 1 is 0.909 bits per heavy atom. The van der Waals surface area contributed by atoms with Crippen LogP contribution < -0.4 is 19.5 Å². The van der Waals surface area contributed by atoms with Crippen LogP contribution in [-0.2, 0) is 0 Å². The Morgan fingerprint density at radius 3 is 2.52 bits per heavy atom. The Hall–Kier alpha value is -4.33. The van der Waals surface area contributed by atoms with Gasteiger partial charge in [-0.25, -0.2) is 0 Å². The summed E-state index contributed by atoms with van der Waals surface area (Å²) in [4.78, 5) is 0. The van der Waals surface area contributed by atoms with Crippen LogP contribution in [0, 0.1) is 0 Å². The summed E-state index contributed by atoms with van der Waals surface area (Å²) < 4.78 is 19.5. The van der Waals surface area contributed by atoms with Gasteiger partial charge in [-0.15, -0.1) is 0 Å². The molecule has 0 saturated carbocycles. The van der Waals surface area contributed by atoms with E-state index in [1.807, 2.05) is 72.8 Å². The van der Waals surface area contributed by atoms with Gasteiger partial charge >= 0.3 is 0 Å². The highest BCUT2D eigenvalue weighted by Crippen LogP contribution is 2.51. The van der Waals surface area contributed by atoms with Crippen molar-refractivity contribution in [2.45, 2.75) is 12.1 Å². The second-order valence-electron chi connectivity index (χ2n) is 7.81. The molecule has 2 atom stereocenters. The minimum atomic E-state index is -0.374. The highest BCUT2D eigenvalue weighted by atomic mass is 16.5. The van der Waals surface area contributed by atoms with E-state index < -0.39 is 0 Å². The average molecular weight is 439 g/mol. The zero-order valence-electron chi connectivity index (χ0n) is 18.1. The normalized spacial score (nSPS) is 18.4. The van der Waals surface area contributed by atoms with E-state index in [2.05, 4.69) is 20.8 Å². The van der Waals surface area contributed by atoms with Gasteiger partial charge in [0.15, 0.2) is 0 Å². The number of fused-ring (bicyclic) bond motifs is 3. The number of hydrogen-bond acceptors (Lipinski definition) is 7. The van der Waals surface area contributed by atoms with Crippen molar-refractivity contribution < 1.29 is 14.2 Å². The molecular weight excluding hydrogens is 418 g/mol. The summed E-state index contributed by atoms with van der Waals surface area (Å²) in [7, 11) is 3.33. The third-order valence-electron chi connectivity index (χ3n) is 6.09. The van der Waals surface area contributed by atoms with Crippen molar-refractivity contribution in [3.63, 3.8) is 0 Å². The van der Waals surface area contributed by atoms with E-state index in [-0.39, 0.29) is 12.1 Å². The van der Waals surface area contributed by atoms with Gasteiger partial charge in [0.1, 0.15) is 29.4 Å². The molecule has 0 saturated heterocycles. The van der Waals surface area contributed by atoms with Crippen LogP contribution in [0.5, 0.6) is 17.2 Å². The van der Waals surface area contributed by atoms with Crippen LogP contribution in [0.4, 0.5) is 5.95 Å². The molecule has 4 aromatic rings. The van der Waals surface area contributed by atoms with Gasteiger partial charge in [0.05, 0.1) is 19.9 Å². The molecule has 0 fully saturated rings. The number of ether oxygens (including phenoxy) is 3. The Labute approximate surface area is 190 Å². The Morgan fingerprint density at radius 2 is 1.70 bits per heavy atom. The first-order valence-corrected chi connectivity index (χ1v) is 10.6. The van der Waals surface area contributed by atoms with Crippen LogP contribution in [-0.4, -0.2) is 34.4 Å². The number of hydrogen-bond donors (Lipinski definition) is 1. The van der Waals surface area contributed by atoms with Gasteiger partial charge in [-0.2, -0.15) is 4.68 Å². The minimum absolute atomic E-state index is 0.331. The first kappa shape index (κ1) is 19.4. The van der Waals surface area contributed by atoms with Crippen LogP contribution in [0.15, 0.2) is 78.4 Å². The number of para-hydroxylation sites is 2. The maximum atomic E-state index is 6.62. The fourth-order valence-electron chi connectivity index (χ4n) is 4.58. The highest BCUT2D eigenvalue weighted by molar-refractivity contribution is 5.85. The molecule has 1 aromatic heterocycles. The largest absolute Gasteiger partial charge is 0.497 e. The summed E-state index contributed by atoms with van der Waals surface area (Å²) in [6.45, 7) is 0. The summed E-state index contributed by atoms with van der Waals surface area (Å²) >= 11 is 0. The third-order valence-corrected chi connectivity index (χ3v) is 6.09. The molecular formula is C25H21N5O3. The number of rotatable bonds is 4.